The van der Waals surface area contributed by atoms with Crippen LogP contribution in [0.15, 0.2) is 29.3 Å². The highest BCUT2D eigenvalue weighted by Gasteiger charge is 2.44. The van der Waals surface area contributed by atoms with Gasteiger partial charge >= 0.3 is 6.03 Å². The Balaban J connectivity index is 1.62. The zero-order chi connectivity index (χ0) is 17.4. The number of aliphatic imine (C=N–C) groups is 1. The monoisotopic (exact) mass is 349 g/mol. The molecule has 1 spiro atoms. The Morgan fingerprint density at radius 2 is 1.96 bits per heavy atom. The Labute approximate surface area is 142 Å². The largest absolute Gasteiger partial charge is 0.337 e. The van der Waals surface area contributed by atoms with Crippen molar-refractivity contribution in [2.45, 2.75) is 25.2 Å². The van der Waals surface area contributed by atoms with Crippen LogP contribution in [0.2, 0.25) is 0 Å². The van der Waals surface area contributed by atoms with Crippen LogP contribution >= 0.6 is 0 Å². The fourth-order valence-corrected chi connectivity index (χ4v) is 4.11. The van der Waals surface area contributed by atoms with Crippen molar-refractivity contribution in [3.05, 3.63) is 29.8 Å². The van der Waals surface area contributed by atoms with Crippen LogP contribution in [-0.4, -0.2) is 56.7 Å². The van der Waals surface area contributed by atoms with E-state index in [9.17, 15) is 13.2 Å². The van der Waals surface area contributed by atoms with Crippen molar-refractivity contribution in [3.8, 4) is 0 Å². The quantitative estimate of drug-likeness (QED) is 0.905. The summed E-state index contributed by atoms with van der Waals surface area (Å²) >= 11 is 0. The molecule has 0 atom stereocenters. The van der Waals surface area contributed by atoms with E-state index in [0.29, 0.717) is 13.1 Å². The van der Waals surface area contributed by atoms with Crippen molar-refractivity contribution in [1.82, 2.24) is 10.2 Å². The minimum absolute atomic E-state index is 0.0321. The lowest BCUT2D eigenvalue weighted by molar-refractivity contribution is 0.174. The van der Waals surface area contributed by atoms with Crippen LogP contribution in [0.25, 0.3) is 0 Å². The molecule has 1 saturated heterocycles. The first-order valence-corrected chi connectivity index (χ1v) is 10.2. The van der Waals surface area contributed by atoms with Crippen LogP contribution in [0.4, 0.5) is 10.5 Å². The lowest BCUT2D eigenvalue weighted by Gasteiger charge is -2.40. The topological polar surface area (TPSA) is 78.8 Å². The van der Waals surface area contributed by atoms with E-state index in [1.54, 1.807) is 4.90 Å². The summed E-state index contributed by atoms with van der Waals surface area (Å²) in [5, 5.41) is 2.70. The van der Waals surface area contributed by atoms with Crippen LogP contribution in [-0.2, 0) is 15.3 Å². The van der Waals surface area contributed by atoms with Gasteiger partial charge in [0.1, 0.15) is 9.84 Å². The summed E-state index contributed by atoms with van der Waals surface area (Å²) in [4.78, 5) is 18.7. The fourth-order valence-electron chi connectivity index (χ4n) is 3.64. The first kappa shape index (κ1) is 17.0. The minimum Gasteiger partial charge on any atom is -0.337 e. The summed E-state index contributed by atoms with van der Waals surface area (Å²) in [6.07, 6.45) is 2.86. The lowest BCUT2D eigenvalue weighted by Crippen LogP contribution is -2.50. The Kier molecular flexibility index (Phi) is 4.38. The molecule has 1 N–H and O–H groups in total. The number of sulfone groups is 1. The van der Waals surface area contributed by atoms with E-state index >= 15 is 0 Å². The van der Waals surface area contributed by atoms with Crippen molar-refractivity contribution < 1.29 is 13.2 Å². The first-order chi connectivity index (χ1) is 11.3. The molecule has 0 bridgehead atoms. The summed E-state index contributed by atoms with van der Waals surface area (Å²) in [7, 11) is -3.06. The molecule has 130 valence electrons. The number of urea groups is 1. The van der Waals surface area contributed by atoms with Gasteiger partial charge in [-0.3, -0.25) is 4.99 Å². The third kappa shape index (κ3) is 3.17. The van der Waals surface area contributed by atoms with E-state index < -0.39 is 9.84 Å². The number of piperidine rings is 1. The number of nitrogens with one attached hydrogen (secondary N) is 1. The molecule has 1 fully saturated rings. The molecule has 0 radical (unpaired) electrons. The summed E-state index contributed by atoms with van der Waals surface area (Å²) in [5.41, 5.74) is 3.38. The highest BCUT2D eigenvalue weighted by atomic mass is 32.2. The molecular formula is C17H23N3O3S. The van der Waals surface area contributed by atoms with Gasteiger partial charge in [0.2, 0.25) is 0 Å². The summed E-state index contributed by atoms with van der Waals surface area (Å²) in [6.45, 7) is 3.52. The second kappa shape index (κ2) is 6.20. The first-order valence-electron chi connectivity index (χ1n) is 8.18. The maximum atomic E-state index is 12.2. The number of benzene rings is 1. The maximum absolute atomic E-state index is 12.2. The SMILES string of the molecule is CC1=Nc2ccccc2C12CCN(C(=O)NCCS(C)(=O)=O)CC2. The highest BCUT2D eigenvalue weighted by Crippen LogP contribution is 2.46. The lowest BCUT2D eigenvalue weighted by atomic mass is 9.71. The van der Waals surface area contributed by atoms with Gasteiger partial charge in [-0.25, -0.2) is 13.2 Å². The van der Waals surface area contributed by atoms with Gasteiger partial charge < -0.3 is 10.2 Å². The minimum atomic E-state index is -3.06. The predicted octanol–water partition coefficient (Wildman–Crippen LogP) is 1.88. The normalized spacial score (nSPS) is 19.1. The molecule has 1 aromatic carbocycles. The van der Waals surface area contributed by atoms with Crippen molar-refractivity contribution in [2.75, 3.05) is 31.6 Å². The molecule has 0 unspecified atom stereocenters. The van der Waals surface area contributed by atoms with Gasteiger partial charge in [0.15, 0.2) is 0 Å². The molecule has 7 heteroatoms. The molecule has 24 heavy (non-hydrogen) atoms. The zero-order valence-electron chi connectivity index (χ0n) is 14.1. The molecule has 6 nitrogen and oxygen atoms in total. The zero-order valence-corrected chi connectivity index (χ0v) is 14.9. The molecule has 2 amide bonds. The molecule has 2 heterocycles. The molecule has 0 saturated carbocycles. The van der Waals surface area contributed by atoms with E-state index in [1.807, 2.05) is 18.2 Å². The highest BCUT2D eigenvalue weighted by molar-refractivity contribution is 7.90. The number of rotatable bonds is 3. The number of carbonyl (C=O) groups excluding carboxylic acids is 1. The van der Waals surface area contributed by atoms with Crippen LogP contribution in [0.1, 0.15) is 25.3 Å². The van der Waals surface area contributed by atoms with E-state index in [-0.39, 0.29) is 23.7 Å². The van der Waals surface area contributed by atoms with Gasteiger partial charge in [-0.1, -0.05) is 18.2 Å². The van der Waals surface area contributed by atoms with Crippen LogP contribution in [0, 0.1) is 0 Å². The molecule has 2 aliphatic heterocycles. The maximum Gasteiger partial charge on any atom is 0.317 e. The van der Waals surface area contributed by atoms with Gasteiger partial charge in [0, 0.05) is 37.0 Å². The molecule has 0 aromatic heterocycles. The van der Waals surface area contributed by atoms with E-state index in [0.717, 1.165) is 24.2 Å². The second-order valence-electron chi connectivity index (χ2n) is 6.65. The number of fused-ring (bicyclic) bond motifs is 2. The van der Waals surface area contributed by atoms with Crippen LogP contribution in [0.3, 0.4) is 0 Å². The van der Waals surface area contributed by atoms with Crippen molar-refractivity contribution >= 4 is 27.3 Å². The second-order valence-corrected chi connectivity index (χ2v) is 8.91. The number of hydrogen-bond acceptors (Lipinski definition) is 4. The van der Waals surface area contributed by atoms with Gasteiger partial charge in [0.25, 0.3) is 0 Å². The van der Waals surface area contributed by atoms with Crippen molar-refractivity contribution in [2.24, 2.45) is 4.99 Å². The molecule has 3 rings (SSSR count). The van der Waals surface area contributed by atoms with Gasteiger partial charge in [-0.15, -0.1) is 0 Å². The van der Waals surface area contributed by atoms with Crippen LogP contribution < -0.4 is 5.32 Å². The average Bonchev–Trinajstić information content (AvgIpc) is 2.79. The van der Waals surface area contributed by atoms with Gasteiger partial charge in [-0.2, -0.15) is 0 Å². The number of likely N-dealkylation sites (tertiary alicyclic amines) is 1. The average molecular weight is 349 g/mol. The Morgan fingerprint density at radius 1 is 1.29 bits per heavy atom. The van der Waals surface area contributed by atoms with E-state index in [1.165, 1.54) is 11.8 Å². The fraction of sp³-hybridized carbons (Fsp3) is 0.529. The summed E-state index contributed by atoms with van der Waals surface area (Å²) in [6, 6.07) is 8.03. The predicted molar refractivity (Wildman–Crippen MR) is 94.8 cm³/mol. The van der Waals surface area contributed by atoms with Gasteiger partial charge in [0.05, 0.1) is 11.4 Å². The standard InChI is InChI=1S/C17H23N3O3S/c1-13-17(14-5-3-4-6-15(14)19-13)7-10-20(11-8-17)16(21)18-9-12-24(2,22)23/h3-6H,7-12H2,1-2H3,(H,18,21). The number of carbonyl (C=O) groups is 1. The smallest absolute Gasteiger partial charge is 0.317 e. The number of para-hydroxylation sites is 1. The Hall–Kier alpha value is -1.89. The van der Waals surface area contributed by atoms with E-state index in [4.69, 9.17) is 4.99 Å². The van der Waals surface area contributed by atoms with Gasteiger partial charge in [-0.05, 0) is 31.4 Å². The van der Waals surface area contributed by atoms with Crippen LogP contribution in [0.5, 0.6) is 0 Å². The molecule has 1 aromatic rings. The van der Waals surface area contributed by atoms with E-state index in [2.05, 4.69) is 18.3 Å². The number of nitrogens with zero attached hydrogens (tertiary/aromatic N) is 2. The summed E-state index contributed by atoms with van der Waals surface area (Å²) in [5.74, 6) is -0.0321. The van der Waals surface area contributed by atoms with Crippen molar-refractivity contribution in [1.29, 1.82) is 0 Å². The van der Waals surface area contributed by atoms with Crippen molar-refractivity contribution in [3.63, 3.8) is 0 Å². The molecular weight excluding hydrogens is 326 g/mol. The third-order valence-electron chi connectivity index (χ3n) is 5.05. The summed E-state index contributed by atoms with van der Waals surface area (Å²) < 4.78 is 22.3. The Morgan fingerprint density at radius 3 is 2.62 bits per heavy atom. The Bertz CT molecular complexity index is 778. The third-order valence-corrected chi connectivity index (χ3v) is 6.00. The number of amides is 2. The molecule has 0 aliphatic carbocycles. The number of hydrogen-bond donors (Lipinski definition) is 1. The molecule has 2 aliphatic rings.